The minimum Gasteiger partial charge on any atom is -0.354 e. The maximum Gasteiger partial charge on any atom is 0.173 e. The van der Waals surface area contributed by atoms with Crippen LogP contribution in [-0.2, 0) is 15.9 Å². The first kappa shape index (κ1) is 14.5. The third-order valence-electron chi connectivity index (χ3n) is 3.80. The van der Waals surface area contributed by atoms with Crippen LogP contribution in [0.4, 0.5) is 0 Å². The lowest BCUT2D eigenvalue weighted by molar-refractivity contribution is -0.122. The van der Waals surface area contributed by atoms with E-state index in [1.165, 1.54) is 25.7 Å². The van der Waals surface area contributed by atoms with E-state index in [0.717, 1.165) is 5.69 Å². The summed E-state index contributed by atoms with van der Waals surface area (Å²) in [5, 5.41) is 4.64. The molecule has 0 bridgehead atoms. The second kappa shape index (κ2) is 7.00. The highest BCUT2D eigenvalue weighted by atomic mass is 16.7. The van der Waals surface area contributed by atoms with E-state index in [-0.39, 0.29) is 12.3 Å². The minimum atomic E-state index is -0.373. The van der Waals surface area contributed by atoms with Crippen LogP contribution in [0.3, 0.4) is 0 Å². The van der Waals surface area contributed by atoms with Crippen molar-refractivity contribution in [2.75, 3.05) is 14.2 Å². The van der Waals surface area contributed by atoms with E-state index in [4.69, 9.17) is 15.3 Å². The molecule has 1 aliphatic carbocycles. The number of aromatic nitrogens is 2. The predicted molar refractivity (Wildman–Crippen MR) is 72.4 cm³/mol. The number of nitrogens with zero attached hydrogens (tertiary/aromatic N) is 2. The first-order valence-electron chi connectivity index (χ1n) is 6.84. The highest BCUT2D eigenvalue weighted by Crippen LogP contribution is 2.28. The molecule has 0 aliphatic heterocycles. The van der Waals surface area contributed by atoms with Gasteiger partial charge in [-0.1, -0.05) is 12.8 Å². The van der Waals surface area contributed by atoms with Crippen LogP contribution < -0.4 is 11.3 Å². The third-order valence-corrected chi connectivity index (χ3v) is 3.80. The quantitative estimate of drug-likeness (QED) is 0.438. The molecule has 6 nitrogen and oxygen atoms in total. The molecule has 1 heterocycles. The number of nitrogens with one attached hydrogen (secondary N) is 1. The van der Waals surface area contributed by atoms with Crippen molar-refractivity contribution in [3.05, 3.63) is 18.0 Å². The molecule has 1 saturated carbocycles. The fourth-order valence-electron chi connectivity index (χ4n) is 2.74. The van der Waals surface area contributed by atoms with Gasteiger partial charge in [-0.25, -0.2) is 0 Å². The molecule has 1 atom stereocenters. The Balaban J connectivity index is 1.97. The number of rotatable bonds is 7. The Kier molecular flexibility index (Phi) is 5.33. The van der Waals surface area contributed by atoms with Gasteiger partial charge in [-0.3, -0.25) is 16.0 Å². The first-order chi connectivity index (χ1) is 9.28. The van der Waals surface area contributed by atoms with Gasteiger partial charge in [-0.15, -0.1) is 0 Å². The number of ether oxygens (including phenoxy) is 2. The van der Waals surface area contributed by atoms with Gasteiger partial charge < -0.3 is 9.47 Å². The van der Waals surface area contributed by atoms with Crippen LogP contribution in [0.5, 0.6) is 0 Å². The van der Waals surface area contributed by atoms with Crippen molar-refractivity contribution >= 4 is 0 Å². The summed E-state index contributed by atoms with van der Waals surface area (Å²) < 4.78 is 12.6. The standard InChI is InChI=1S/C13H24N4O2/c1-18-13(19-2)12(15-14)9-10-7-8-17(16-10)11-5-3-4-6-11/h7-8,11-13,15H,3-6,9,14H2,1-2H3. The number of hydrogen-bond donors (Lipinski definition) is 2. The van der Waals surface area contributed by atoms with E-state index >= 15 is 0 Å². The van der Waals surface area contributed by atoms with Gasteiger partial charge in [-0.2, -0.15) is 5.10 Å². The average molecular weight is 268 g/mol. The minimum absolute atomic E-state index is 0.109. The molecule has 0 saturated heterocycles. The number of methoxy groups -OCH3 is 2. The normalized spacial score (nSPS) is 18.3. The first-order valence-corrected chi connectivity index (χ1v) is 6.84. The van der Waals surface area contributed by atoms with Gasteiger partial charge in [0.05, 0.1) is 17.8 Å². The molecule has 19 heavy (non-hydrogen) atoms. The van der Waals surface area contributed by atoms with Crippen LogP contribution in [0.1, 0.15) is 37.4 Å². The molecule has 1 aromatic rings. The van der Waals surface area contributed by atoms with E-state index in [0.29, 0.717) is 12.5 Å². The monoisotopic (exact) mass is 268 g/mol. The maximum absolute atomic E-state index is 5.56. The predicted octanol–water partition coefficient (Wildman–Crippen LogP) is 0.992. The van der Waals surface area contributed by atoms with Gasteiger partial charge in [-0.05, 0) is 18.9 Å². The van der Waals surface area contributed by atoms with Gasteiger partial charge in [0.15, 0.2) is 6.29 Å². The van der Waals surface area contributed by atoms with Crippen LogP contribution in [0.2, 0.25) is 0 Å². The van der Waals surface area contributed by atoms with E-state index in [9.17, 15) is 0 Å². The maximum atomic E-state index is 5.56. The lowest BCUT2D eigenvalue weighted by atomic mass is 10.1. The van der Waals surface area contributed by atoms with Crippen molar-refractivity contribution in [3.63, 3.8) is 0 Å². The van der Waals surface area contributed by atoms with E-state index in [1.54, 1.807) is 14.2 Å². The van der Waals surface area contributed by atoms with Gasteiger partial charge in [0.2, 0.25) is 0 Å². The van der Waals surface area contributed by atoms with Crippen molar-refractivity contribution in [2.45, 2.75) is 50.5 Å². The lowest BCUT2D eigenvalue weighted by Crippen LogP contribution is -2.47. The summed E-state index contributed by atoms with van der Waals surface area (Å²) in [6, 6.07) is 2.51. The van der Waals surface area contributed by atoms with Gasteiger partial charge in [0, 0.05) is 26.8 Å². The van der Waals surface area contributed by atoms with Gasteiger partial charge in [0.1, 0.15) is 0 Å². The molecule has 2 rings (SSSR count). The largest absolute Gasteiger partial charge is 0.354 e. The number of hydrazine groups is 1. The summed E-state index contributed by atoms with van der Waals surface area (Å²) in [5.41, 5.74) is 3.74. The van der Waals surface area contributed by atoms with E-state index in [1.807, 2.05) is 6.07 Å². The Morgan fingerprint density at radius 2 is 2.11 bits per heavy atom. The molecule has 1 fully saturated rings. The van der Waals surface area contributed by atoms with E-state index < -0.39 is 0 Å². The summed E-state index contributed by atoms with van der Waals surface area (Å²) in [5.74, 6) is 5.56. The molecule has 1 aromatic heterocycles. The van der Waals surface area contributed by atoms with Crippen LogP contribution in [0, 0.1) is 0 Å². The summed E-state index contributed by atoms with van der Waals surface area (Å²) in [6.45, 7) is 0. The molecule has 3 N–H and O–H groups in total. The molecule has 6 heteroatoms. The zero-order valence-electron chi connectivity index (χ0n) is 11.7. The van der Waals surface area contributed by atoms with Crippen LogP contribution >= 0.6 is 0 Å². The van der Waals surface area contributed by atoms with Gasteiger partial charge in [0.25, 0.3) is 0 Å². The molecule has 1 unspecified atom stereocenters. The Hall–Kier alpha value is -0.950. The van der Waals surface area contributed by atoms with Crippen molar-refractivity contribution in [1.29, 1.82) is 0 Å². The summed E-state index contributed by atoms with van der Waals surface area (Å²) in [6.07, 6.45) is 7.46. The molecular weight excluding hydrogens is 244 g/mol. The second-order valence-corrected chi connectivity index (χ2v) is 5.04. The fourth-order valence-corrected chi connectivity index (χ4v) is 2.74. The second-order valence-electron chi connectivity index (χ2n) is 5.04. The molecule has 1 aliphatic rings. The van der Waals surface area contributed by atoms with Crippen molar-refractivity contribution in [2.24, 2.45) is 5.84 Å². The van der Waals surface area contributed by atoms with Crippen molar-refractivity contribution in [3.8, 4) is 0 Å². The summed E-state index contributed by atoms with van der Waals surface area (Å²) in [4.78, 5) is 0. The zero-order chi connectivity index (χ0) is 13.7. The molecule has 108 valence electrons. The molecule has 0 radical (unpaired) electrons. The van der Waals surface area contributed by atoms with Crippen LogP contribution in [0.25, 0.3) is 0 Å². The molecule has 0 aromatic carbocycles. The summed E-state index contributed by atoms with van der Waals surface area (Å²) in [7, 11) is 3.21. The Bertz CT molecular complexity index is 372. The third kappa shape index (κ3) is 3.54. The molecule has 0 spiro atoms. The number of nitrogens with two attached hydrogens (primary N) is 1. The summed E-state index contributed by atoms with van der Waals surface area (Å²) >= 11 is 0. The topological polar surface area (TPSA) is 74.3 Å². The molecular formula is C13H24N4O2. The number of hydrogen-bond acceptors (Lipinski definition) is 5. The Morgan fingerprint density at radius 3 is 2.68 bits per heavy atom. The highest BCUT2D eigenvalue weighted by Gasteiger charge is 2.22. The van der Waals surface area contributed by atoms with Crippen molar-refractivity contribution < 1.29 is 9.47 Å². The Labute approximate surface area is 114 Å². The smallest absolute Gasteiger partial charge is 0.173 e. The van der Waals surface area contributed by atoms with Gasteiger partial charge >= 0.3 is 0 Å². The highest BCUT2D eigenvalue weighted by molar-refractivity contribution is 5.03. The van der Waals surface area contributed by atoms with Crippen LogP contribution in [0.15, 0.2) is 12.3 Å². The average Bonchev–Trinajstić information content (AvgIpc) is 3.09. The van der Waals surface area contributed by atoms with Crippen molar-refractivity contribution in [1.82, 2.24) is 15.2 Å². The molecule has 0 amide bonds. The SMILES string of the molecule is COC(OC)C(Cc1ccn(C2CCCC2)n1)NN. The fraction of sp³-hybridized carbons (Fsp3) is 0.769. The van der Waals surface area contributed by atoms with E-state index in [2.05, 4.69) is 21.4 Å². The van der Waals surface area contributed by atoms with Crippen LogP contribution in [-0.4, -0.2) is 36.3 Å². The Morgan fingerprint density at radius 1 is 1.42 bits per heavy atom. The lowest BCUT2D eigenvalue weighted by Gasteiger charge is -2.23. The zero-order valence-corrected chi connectivity index (χ0v) is 11.7.